The van der Waals surface area contributed by atoms with E-state index in [0.717, 1.165) is 11.5 Å². The molecule has 2 rings (SSSR count). The van der Waals surface area contributed by atoms with Crippen LogP contribution in [0.25, 0.3) is 0 Å². The molecule has 96 valence electrons. The first kappa shape index (κ1) is 12.8. The van der Waals surface area contributed by atoms with Crippen molar-refractivity contribution in [3.05, 3.63) is 42.5 Å². The van der Waals surface area contributed by atoms with Crippen molar-refractivity contribution in [3.63, 3.8) is 0 Å². The molecule has 6 heteroatoms. The lowest BCUT2D eigenvalue weighted by atomic mass is 10.3. The maximum Gasteiger partial charge on any atom is 0.185 e. The molecule has 0 unspecified atom stereocenters. The Labute approximate surface area is 112 Å². The minimum atomic E-state index is 0.570. The number of pyridine rings is 1. The van der Waals surface area contributed by atoms with Crippen molar-refractivity contribution in [2.45, 2.75) is 6.54 Å². The number of aromatic nitrogens is 3. The summed E-state index contributed by atoms with van der Waals surface area (Å²) in [6, 6.07) is 7.56. The number of anilines is 2. The number of hydrogen-bond acceptors (Lipinski definition) is 6. The molecule has 0 radical (unpaired) electrons. The van der Waals surface area contributed by atoms with Crippen LogP contribution in [-0.2, 0) is 6.54 Å². The summed E-state index contributed by atoms with van der Waals surface area (Å²) in [5, 5.41) is 8.84. The van der Waals surface area contributed by atoms with Crippen molar-refractivity contribution in [3.8, 4) is 6.19 Å². The highest BCUT2D eigenvalue weighted by atomic mass is 15.2. The molecule has 0 aliphatic heterocycles. The highest BCUT2D eigenvalue weighted by Crippen LogP contribution is 2.16. The second-order valence-corrected chi connectivity index (χ2v) is 4.07. The van der Waals surface area contributed by atoms with Gasteiger partial charge in [0.1, 0.15) is 18.0 Å². The van der Waals surface area contributed by atoms with Crippen molar-refractivity contribution < 1.29 is 0 Å². The third-order valence-corrected chi connectivity index (χ3v) is 2.65. The largest absolute Gasteiger partial charge is 0.354 e. The average Bonchev–Trinajstić information content (AvgIpc) is 2.47. The molecule has 0 saturated heterocycles. The predicted octanol–water partition coefficient (Wildman–Crippen LogP) is 1.43. The van der Waals surface area contributed by atoms with Gasteiger partial charge in [-0.3, -0.25) is 9.88 Å². The van der Waals surface area contributed by atoms with Crippen molar-refractivity contribution in [2.24, 2.45) is 0 Å². The Hall–Kier alpha value is -2.68. The number of hydrogen-bond donors (Lipinski definition) is 0. The SMILES string of the molecule is CN(C#N)c1cc(N(C)Cc2ccccn2)ncn1. The third-order valence-electron chi connectivity index (χ3n) is 2.65. The van der Waals surface area contributed by atoms with Gasteiger partial charge in [0.25, 0.3) is 0 Å². The summed E-state index contributed by atoms with van der Waals surface area (Å²) >= 11 is 0. The molecule has 6 nitrogen and oxygen atoms in total. The molecule has 2 aromatic rings. The van der Waals surface area contributed by atoms with Gasteiger partial charge in [-0.05, 0) is 12.1 Å². The number of nitrogens with zero attached hydrogens (tertiary/aromatic N) is 6. The van der Waals surface area contributed by atoms with Crippen molar-refractivity contribution in [1.29, 1.82) is 5.26 Å². The fourth-order valence-electron chi connectivity index (χ4n) is 1.60. The molecule has 0 spiro atoms. The maximum atomic E-state index is 8.84. The van der Waals surface area contributed by atoms with Gasteiger partial charge in [0.15, 0.2) is 6.19 Å². The fraction of sp³-hybridized carbons (Fsp3) is 0.231. The van der Waals surface area contributed by atoms with Gasteiger partial charge in [-0.15, -0.1) is 0 Å². The van der Waals surface area contributed by atoms with E-state index in [1.165, 1.54) is 11.2 Å². The minimum absolute atomic E-state index is 0.570. The molecule has 0 amide bonds. The van der Waals surface area contributed by atoms with Crippen LogP contribution in [0, 0.1) is 11.5 Å². The Kier molecular flexibility index (Phi) is 3.88. The van der Waals surface area contributed by atoms with Crippen LogP contribution in [0.4, 0.5) is 11.6 Å². The average molecular weight is 254 g/mol. The van der Waals surface area contributed by atoms with Crippen LogP contribution in [0.2, 0.25) is 0 Å². The zero-order chi connectivity index (χ0) is 13.7. The lowest BCUT2D eigenvalue weighted by Crippen LogP contribution is -2.19. The summed E-state index contributed by atoms with van der Waals surface area (Å²) in [7, 11) is 3.58. The lowest BCUT2D eigenvalue weighted by molar-refractivity contribution is 0.859. The normalized spacial score (nSPS) is 9.74. The molecule has 0 aliphatic rings. The molecule has 0 saturated carbocycles. The van der Waals surface area contributed by atoms with E-state index < -0.39 is 0 Å². The molecule has 2 heterocycles. The molecule has 0 aromatic carbocycles. The van der Waals surface area contributed by atoms with Crippen molar-refractivity contribution in [1.82, 2.24) is 15.0 Å². The van der Waals surface area contributed by atoms with E-state index in [-0.39, 0.29) is 0 Å². The van der Waals surface area contributed by atoms with Crippen LogP contribution >= 0.6 is 0 Å². The number of rotatable bonds is 4. The van der Waals surface area contributed by atoms with Gasteiger partial charge in [0.05, 0.1) is 12.2 Å². The topological polar surface area (TPSA) is 68.9 Å². The summed E-state index contributed by atoms with van der Waals surface area (Å²) in [6.45, 7) is 0.646. The van der Waals surface area contributed by atoms with Gasteiger partial charge in [-0.1, -0.05) is 6.07 Å². The van der Waals surface area contributed by atoms with Crippen LogP contribution in [-0.4, -0.2) is 29.0 Å². The van der Waals surface area contributed by atoms with Gasteiger partial charge in [0.2, 0.25) is 0 Å². The molecule has 2 aromatic heterocycles. The summed E-state index contributed by atoms with van der Waals surface area (Å²) < 4.78 is 0. The van der Waals surface area contributed by atoms with E-state index in [1.807, 2.05) is 36.3 Å². The van der Waals surface area contributed by atoms with E-state index in [1.54, 1.807) is 19.3 Å². The van der Waals surface area contributed by atoms with E-state index in [9.17, 15) is 0 Å². The van der Waals surface area contributed by atoms with Gasteiger partial charge in [-0.25, -0.2) is 9.97 Å². The highest BCUT2D eigenvalue weighted by molar-refractivity contribution is 5.51. The molecular formula is C13H14N6. The molecule has 0 aliphatic carbocycles. The van der Waals surface area contributed by atoms with Gasteiger partial charge in [0, 0.05) is 26.4 Å². The molecule has 0 fully saturated rings. The third kappa shape index (κ3) is 3.16. The molecule has 19 heavy (non-hydrogen) atoms. The first-order valence-electron chi connectivity index (χ1n) is 5.77. The zero-order valence-corrected chi connectivity index (χ0v) is 10.9. The first-order chi connectivity index (χ1) is 9.20. The maximum absolute atomic E-state index is 8.84. The van der Waals surface area contributed by atoms with E-state index in [4.69, 9.17) is 5.26 Å². The summed E-state index contributed by atoms with van der Waals surface area (Å²) in [5.41, 5.74) is 0.957. The van der Waals surface area contributed by atoms with E-state index in [0.29, 0.717) is 12.4 Å². The van der Waals surface area contributed by atoms with Crippen molar-refractivity contribution in [2.75, 3.05) is 23.9 Å². The van der Waals surface area contributed by atoms with Crippen LogP contribution in [0.3, 0.4) is 0 Å². The molecular weight excluding hydrogens is 240 g/mol. The Balaban J connectivity index is 2.16. The fourth-order valence-corrected chi connectivity index (χ4v) is 1.60. The van der Waals surface area contributed by atoms with Crippen LogP contribution < -0.4 is 9.80 Å². The Morgan fingerprint density at radius 1 is 1.16 bits per heavy atom. The Morgan fingerprint density at radius 3 is 2.63 bits per heavy atom. The lowest BCUT2D eigenvalue weighted by Gasteiger charge is -2.18. The molecule has 0 atom stereocenters. The summed E-state index contributed by atoms with van der Waals surface area (Å²) in [6.07, 6.45) is 5.22. The Morgan fingerprint density at radius 2 is 1.95 bits per heavy atom. The summed E-state index contributed by atoms with van der Waals surface area (Å²) in [4.78, 5) is 15.9. The monoisotopic (exact) mass is 254 g/mol. The predicted molar refractivity (Wildman–Crippen MR) is 72.4 cm³/mol. The smallest absolute Gasteiger partial charge is 0.185 e. The summed E-state index contributed by atoms with van der Waals surface area (Å²) in [5.74, 6) is 1.32. The van der Waals surface area contributed by atoms with Crippen LogP contribution in [0.1, 0.15) is 5.69 Å². The second-order valence-electron chi connectivity index (χ2n) is 4.07. The van der Waals surface area contributed by atoms with Gasteiger partial charge in [-0.2, -0.15) is 5.26 Å². The second kappa shape index (κ2) is 5.78. The van der Waals surface area contributed by atoms with Gasteiger partial charge >= 0.3 is 0 Å². The number of nitriles is 1. The highest BCUT2D eigenvalue weighted by Gasteiger charge is 2.08. The minimum Gasteiger partial charge on any atom is -0.354 e. The quantitative estimate of drug-likeness (QED) is 0.607. The van der Waals surface area contributed by atoms with Crippen LogP contribution in [0.5, 0.6) is 0 Å². The van der Waals surface area contributed by atoms with Crippen LogP contribution in [0.15, 0.2) is 36.8 Å². The zero-order valence-electron chi connectivity index (χ0n) is 10.9. The molecule has 0 bridgehead atoms. The standard InChI is InChI=1S/C13H14N6/c1-18(8-11-5-3-4-6-15-11)12-7-13(17-10-16-12)19(2)9-14/h3-7,10H,8H2,1-2H3. The molecule has 0 N–H and O–H groups in total. The Bertz CT molecular complexity index is 577. The van der Waals surface area contributed by atoms with Crippen molar-refractivity contribution >= 4 is 11.6 Å². The van der Waals surface area contributed by atoms with Gasteiger partial charge < -0.3 is 4.90 Å². The first-order valence-corrected chi connectivity index (χ1v) is 5.77. The van der Waals surface area contributed by atoms with E-state index in [2.05, 4.69) is 15.0 Å². The van der Waals surface area contributed by atoms with E-state index >= 15 is 0 Å².